The van der Waals surface area contributed by atoms with Gasteiger partial charge in [-0.25, -0.2) is 4.98 Å². The second kappa shape index (κ2) is 6.17. The van der Waals surface area contributed by atoms with Crippen LogP contribution in [0.1, 0.15) is 0 Å². The molecule has 0 radical (unpaired) electrons. The minimum Gasteiger partial charge on any atom is -0.492 e. The predicted molar refractivity (Wildman–Crippen MR) is 85.4 cm³/mol. The molecule has 0 aliphatic carbocycles. The third-order valence-corrected chi connectivity index (χ3v) is 4.65. The predicted octanol–water partition coefficient (Wildman–Crippen LogP) is 3.88. The van der Waals surface area contributed by atoms with Gasteiger partial charge in [0.05, 0.1) is 10.6 Å². The molecule has 0 aliphatic heterocycles. The van der Waals surface area contributed by atoms with Crippen LogP contribution in [0.3, 0.4) is 0 Å². The van der Waals surface area contributed by atoms with Gasteiger partial charge in [-0.05, 0) is 35.7 Å². The summed E-state index contributed by atoms with van der Waals surface area (Å²) in [6.07, 6.45) is 0. The minimum atomic E-state index is 0.526. The van der Waals surface area contributed by atoms with E-state index < -0.39 is 0 Å². The van der Waals surface area contributed by atoms with Crippen LogP contribution in [0.15, 0.2) is 47.2 Å². The number of hydrogen-bond donors (Lipinski definition) is 1. The first kappa shape index (κ1) is 13.3. The fourth-order valence-electron chi connectivity index (χ4n) is 1.82. The summed E-state index contributed by atoms with van der Waals surface area (Å²) in [4.78, 5) is 5.90. The van der Waals surface area contributed by atoms with Crippen LogP contribution in [0, 0.1) is 0 Å². The van der Waals surface area contributed by atoms with Crippen molar-refractivity contribution < 1.29 is 4.74 Å². The number of aromatic nitrogens is 1. The van der Waals surface area contributed by atoms with Gasteiger partial charge in [0.15, 0.2) is 0 Å². The molecule has 2 aromatic heterocycles. The third kappa shape index (κ3) is 2.90. The zero-order chi connectivity index (χ0) is 13.8. The van der Waals surface area contributed by atoms with Crippen molar-refractivity contribution in [1.29, 1.82) is 0 Å². The summed E-state index contributed by atoms with van der Waals surface area (Å²) >= 11 is 3.38. The van der Waals surface area contributed by atoms with Crippen LogP contribution in [0.25, 0.3) is 21.1 Å². The highest BCUT2D eigenvalue weighted by Crippen LogP contribution is 2.31. The molecular weight excluding hydrogens is 288 g/mol. The van der Waals surface area contributed by atoms with Crippen molar-refractivity contribution in [1.82, 2.24) is 4.98 Å². The maximum atomic E-state index is 5.47. The molecule has 0 saturated carbocycles. The molecule has 0 unspecified atom stereocenters. The average Bonchev–Trinajstić information content (AvgIpc) is 3.16. The standard InChI is InChI=1S/C15H14N2OS2/c16-7-8-18-12-5-3-11(4-6-12)13-10-20-15(17-13)14-2-1-9-19-14/h1-6,9-10H,7-8,16H2. The van der Waals surface area contributed by atoms with E-state index in [1.165, 1.54) is 4.88 Å². The smallest absolute Gasteiger partial charge is 0.134 e. The summed E-state index contributed by atoms with van der Waals surface area (Å²) in [5, 5.41) is 5.23. The molecule has 1 aromatic carbocycles. The summed E-state index contributed by atoms with van der Waals surface area (Å²) in [6.45, 7) is 1.07. The summed E-state index contributed by atoms with van der Waals surface area (Å²) in [6, 6.07) is 12.1. The van der Waals surface area contributed by atoms with Gasteiger partial charge in [0.25, 0.3) is 0 Å². The Morgan fingerprint density at radius 1 is 1.10 bits per heavy atom. The summed E-state index contributed by atoms with van der Waals surface area (Å²) < 4.78 is 5.47. The number of hydrogen-bond acceptors (Lipinski definition) is 5. The molecule has 0 spiro atoms. The molecule has 5 heteroatoms. The van der Waals surface area contributed by atoms with Gasteiger partial charge < -0.3 is 10.5 Å². The number of rotatable bonds is 5. The van der Waals surface area contributed by atoms with E-state index in [2.05, 4.69) is 21.8 Å². The van der Waals surface area contributed by atoms with E-state index in [1.54, 1.807) is 22.7 Å². The molecule has 2 heterocycles. The quantitative estimate of drug-likeness (QED) is 0.778. The minimum absolute atomic E-state index is 0.526. The Morgan fingerprint density at radius 2 is 1.95 bits per heavy atom. The molecule has 0 saturated heterocycles. The highest BCUT2D eigenvalue weighted by molar-refractivity contribution is 7.20. The fraction of sp³-hybridized carbons (Fsp3) is 0.133. The molecule has 3 nitrogen and oxygen atoms in total. The first-order valence-electron chi connectivity index (χ1n) is 6.29. The van der Waals surface area contributed by atoms with Gasteiger partial charge in [-0.15, -0.1) is 22.7 Å². The highest BCUT2D eigenvalue weighted by Gasteiger charge is 2.07. The Hall–Kier alpha value is -1.69. The second-order valence-corrected chi connectivity index (χ2v) is 5.98. The van der Waals surface area contributed by atoms with Crippen molar-refractivity contribution in [2.24, 2.45) is 5.73 Å². The van der Waals surface area contributed by atoms with Crippen molar-refractivity contribution in [3.05, 3.63) is 47.2 Å². The molecule has 3 rings (SSSR count). The van der Waals surface area contributed by atoms with E-state index in [-0.39, 0.29) is 0 Å². The van der Waals surface area contributed by atoms with Gasteiger partial charge in [0.2, 0.25) is 0 Å². The lowest BCUT2D eigenvalue weighted by atomic mass is 10.2. The van der Waals surface area contributed by atoms with Gasteiger partial charge in [-0.2, -0.15) is 0 Å². The maximum absolute atomic E-state index is 5.47. The van der Waals surface area contributed by atoms with Gasteiger partial charge in [-0.1, -0.05) is 6.07 Å². The van der Waals surface area contributed by atoms with E-state index in [9.17, 15) is 0 Å². The Bertz CT molecular complexity index is 660. The molecule has 0 fully saturated rings. The van der Waals surface area contributed by atoms with E-state index in [1.807, 2.05) is 30.3 Å². The number of thiophene rings is 1. The summed E-state index contributed by atoms with van der Waals surface area (Å²) in [5.74, 6) is 0.841. The number of ether oxygens (including phenoxy) is 1. The topological polar surface area (TPSA) is 48.1 Å². The van der Waals surface area contributed by atoms with Crippen LogP contribution in [-0.4, -0.2) is 18.1 Å². The number of benzene rings is 1. The van der Waals surface area contributed by atoms with Gasteiger partial charge in [0, 0.05) is 17.5 Å². The molecule has 102 valence electrons. The zero-order valence-corrected chi connectivity index (χ0v) is 12.4. The lowest BCUT2D eigenvalue weighted by Gasteiger charge is -2.04. The number of nitrogens with zero attached hydrogens (tertiary/aromatic N) is 1. The van der Waals surface area contributed by atoms with E-state index in [4.69, 9.17) is 10.5 Å². The van der Waals surface area contributed by atoms with Crippen LogP contribution < -0.4 is 10.5 Å². The Kier molecular flexibility index (Phi) is 4.11. The lowest BCUT2D eigenvalue weighted by Crippen LogP contribution is -2.10. The Morgan fingerprint density at radius 3 is 2.65 bits per heavy atom. The Balaban J connectivity index is 1.79. The first-order valence-corrected chi connectivity index (χ1v) is 8.05. The zero-order valence-electron chi connectivity index (χ0n) is 10.8. The number of thiazole rings is 1. The first-order chi connectivity index (χ1) is 9.86. The van der Waals surface area contributed by atoms with Crippen LogP contribution in [0.4, 0.5) is 0 Å². The van der Waals surface area contributed by atoms with Crippen molar-refractivity contribution in [2.75, 3.05) is 13.2 Å². The van der Waals surface area contributed by atoms with Crippen LogP contribution >= 0.6 is 22.7 Å². The van der Waals surface area contributed by atoms with E-state index >= 15 is 0 Å². The Labute approximate surface area is 125 Å². The average molecular weight is 302 g/mol. The summed E-state index contributed by atoms with van der Waals surface area (Å²) in [5.41, 5.74) is 7.52. The molecule has 0 atom stereocenters. The highest BCUT2D eigenvalue weighted by atomic mass is 32.1. The summed E-state index contributed by atoms with van der Waals surface area (Å²) in [7, 11) is 0. The molecule has 2 N–H and O–H groups in total. The van der Waals surface area contributed by atoms with Crippen molar-refractivity contribution in [3.8, 4) is 26.9 Å². The van der Waals surface area contributed by atoms with Gasteiger partial charge in [0.1, 0.15) is 17.4 Å². The van der Waals surface area contributed by atoms with Crippen LogP contribution in [0.5, 0.6) is 5.75 Å². The SMILES string of the molecule is NCCOc1ccc(-c2csc(-c3cccs3)n2)cc1. The van der Waals surface area contributed by atoms with Crippen LogP contribution in [-0.2, 0) is 0 Å². The third-order valence-electron chi connectivity index (χ3n) is 2.77. The second-order valence-electron chi connectivity index (χ2n) is 4.18. The van der Waals surface area contributed by atoms with Crippen molar-refractivity contribution in [3.63, 3.8) is 0 Å². The van der Waals surface area contributed by atoms with E-state index in [0.29, 0.717) is 13.2 Å². The molecular formula is C15H14N2OS2. The van der Waals surface area contributed by atoms with Gasteiger partial charge in [-0.3, -0.25) is 0 Å². The number of nitrogens with two attached hydrogens (primary N) is 1. The molecule has 0 amide bonds. The largest absolute Gasteiger partial charge is 0.492 e. The monoisotopic (exact) mass is 302 g/mol. The molecule has 0 aliphatic rings. The van der Waals surface area contributed by atoms with Crippen LogP contribution in [0.2, 0.25) is 0 Å². The van der Waals surface area contributed by atoms with Crippen molar-refractivity contribution in [2.45, 2.75) is 0 Å². The maximum Gasteiger partial charge on any atom is 0.134 e. The fourth-order valence-corrected chi connectivity index (χ4v) is 3.46. The molecule has 3 aromatic rings. The van der Waals surface area contributed by atoms with Crippen molar-refractivity contribution >= 4 is 22.7 Å². The molecule has 20 heavy (non-hydrogen) atoms. The molecule has 0 bridgehead atoms. The van der Waals surface area contributed by atoms with E-state index in [0.717, 1.165) is 22.0 Å². The van der Waals surface area contributed by atoms with Gasteiger partial charge >= 0.3 is 0 Å². The lowest BCUT2D eigenvalue weighted by molar-refractivity contribution is 0.328. The normalized spacial score (nSPS) is 10.7.